The van der Waals surface area contributed by atoms with Crippen molar-refractivity contribution in [2.24, 2.45) is 11.8 Å². The van der Waals surface area contributed by atoms with Crippen LogP contribution >= 0.6 is 0 Å². The SMILES string of the molecule is CC(C)C[C](CC(C)C)=[Hf]([CH3])([CH3])([CH]1C=Cc2c(-c3ccccc3)cccc21)[CH]1C=Cc2c(-c3ccccc3)cccc21. The van der Waals surface area contributed by atoms with Crippen LogP contribution in [0.2, 0.25) is 9.36 Å². The molecule has 6 rings (SSSR count). The fourth-order valence-corrected chi connectivity index (χ4v) is 34.1. The molecule has 2 unspecified atom stereocenters. The summed E-state index contributed by atoms with van der Waals surface area (Å²) in [5, 5.41) is 0. The third-order valence-corrected chi connectivity index (χ3v) is 37.2. The summed E-state index contributed by atoms with van der Waals surface area (Å²) in [6.07, 6.45) is 12.7. The second-order valence-corrected chi connectivity index (χ2v) is 40.2. The van der Waals surface area contributed by atoms with Gasteiger partial charge in [-0.15, -0.1) is 0 Å². The van der Waals surface area contributed by atoms with Crippen molar-refractivity contribution in [3.8, 4) is 22.3 Å². The predicted molar refractivity (Wildman–Crippen MR) is 183 cm³/mol. The van der Waals surface area contributed by atoms with E-state index in [1.54, 1.807) is 11.1 Å². The van der Waals surface area contributed by atoms with Crippen LogP contribution < -0.4 is 0 Å². The number of rotatable bonds is 8. The quantitative estimate of drug-likeness (QED) is 0.159. The molecule has 0 aromatic heterocycles. The Labute approximate surface area is 254 Å². The average molecular weight is 717 g/mol. The van der Waals surface area contributed by atoms with Crippen LogP contribution in [0.1, 0.15) is 70.1 Å². The first-order chi connectivity index (χ1) is 20.2. The molecule has 0 saturated heterocycles. The zero-order valence-corrected chi connectivity index (χ0v) is 29.9. The minimum atomic E-state index is -4.10. The van der Waals surface area contributed by atoms with Crippen LogP contribution in [-0.2, 0) is 18.0 Å². The van der Waals surface area contributed by atoms with Gasteiger partial charge in [0.15, 0.2) is 0 Å². The number of hydrogen-bond acceptors (Lipinski definition) is 0. The van der Waals surface area contributed by atoms with Gasteiger partial charge in [-0.3, -0.25) is 0 Å². The van der Waals surface area contributed by atoms with Gasteiger partial charge in [-0.1, -0.05) is 0 Å². The molecule has 0 aliphatic heterocycles. The predicted octanol–water partition coefficient (Wildman–Crippen LogP) is 11.9. The molecule has 0 saturated carbocycles. The van der Waals surface area contributed by atoms with E-state index in [-0.39, 0.29) is 0 Å². The van der Waals surface area contributed by atoms with Crippen LogP contribution in [0.3, 0.4) is 0 Å². The first-order valence-corrected chi connectivity index (χ1v) is 29.1. The molecule has 0 N–H and O–H groups in total. The monoisotopic (exact) mass is 718 g/mol. The average Bonchev–Trinajstić information content (AvgIpc) is 3.63. The Morgan fingerprint density at radius 3 is 1.33 bits per heavy atom. The first kappa shape index (κ1) is 29.2. The summed E-state index contributed by atoms with van der Waals surface area (Å²) in [5.41, 5.74) is 11.4. The first-order valence-electron chi connectivity index (χ1n) is 16.0. The molecular formula is C41H46Hf. The second kappa shape index (κ2) is 11.3. The molecule has 0 nitrogen and oxygen atoms in total. The fourth-order valence-electron chi connectivity index (χ4n) is 8.31. The zero-order chi connectivity index (χ0) is 29.5. The molecule has 4 aromatic rings. The summed E-state index contributed by atoms with van der Waals surface area (Å²) in [6.45, 7) is 9.70. The van der Waals surface area contributed by atoms with Gasteiger partial charge in [0.25, 0.3) is 0 Å². The number of hydrogen-bond donors (Lipinski definition) is 0. The Kier molecular flexibility index (Phi) is 7.86. The van der Waals surface area contributed by atoms with Gasteiger partial charge in [-0.05, 0) is 0 Å². The standard InChI is InChI=1S/2C15H11.C9H18.2CH3.Hf/c2*1-2-6-12(7-3-1)14-10-4-8-13-9-5-11-15(13)14;1-8(2)6-5-7-9(3)4;;;/h2*1-11H;8-9H,6-7H2,1-4H3;2*1H3;. The van der Waals surface area contributed by atoms with Gasteiger partial charge in [0, 0.05) is 0 Å². The van der Waals surface area contributed by atoms with E-state index in [1.807, 2.05) is 3.26 Å². The number of benzene rings is 4. The van der Waals surface area contributed by atoms with Crippen LogP contribution in [0, 0.1) is 11.8 Å². The van der Waals surface area contributed by atoms with Crippen molar-refractivity contribution in [1.82, 2.24) is 0 Å². The van der Waals surface area contributed by atoms with Gasteiger partial charge in [-0.2, -0.15) is 0 Å². The number of fused-ring (bicyclic) bond motifs is 2. The van der Waals surface area contributed by atoms with E-state index in [1.165, 1.54) is 46.2 Å². The topological polar surface area (TPSA) is 0 Å². The van der Waals surface area contributed by atoms with E-state index in [4.69, 9.17) is 0 Å². The van der Waals surface area contributed by atoms with Crippen molar-refractivity contribution in [3.05, 3.63) is 131 Å². The van der Waals surface area contributed by atoms with Crippen LogP contribution in [0.5, 0.6) is 0 Å². The third-order valence-electron chi connectivity index (χ3n) is 10.4. The summed E-state index contributed by atoms with van der Waals surface area (Å²) < 4.78 is 8.53. The molecule has 1 heteroatoms. The summed E-state index contributed by atoms with van der Waals surface area (Å²) in [4.78, 5) is 0. The Hall–Kier alpha value is -2.90. The van der Waals surface area contributed by atoms with Gasteiger partial charge in [0.2, 0.25) is 0 Å². The van der Waals surface area contributed by atoms with Crippen LogP contribution in [0.4, 0.5) is 0 Å². The molecule has 0 spiro atoms. The Balaban J connectivity index is 1.61. The molecule has 42 heavy (non-hydrogen) atoms. The maximum absolute atomic E-state index is 4.10. The van der Waals surface area contributed by atoms with E-state index in [0.29, 0.717) is 19.2 Å². The van der Waals surface area contributed by atoms with Gasteiger partial charge < -0.3 is 0 Å². The van der Waals surface area contributed by atoms with Gasteiger partial charge in [-0.25, -0.2) is 0 Å². The molecule has 4 aromatic carbocycles. The molecule has 2 aliphatic carbocycles. The van der Waals surface area contributed by atoms with Gasteiger partial charge >= 0.3 is 256 Å². The van der Waals surface area contributed by atoms with Gasteiger partial charge in [0.05, 0.1) is 0 Å². The normalized spacial score (nSPS) is 17.6. The zero-order valence-electron chi connectivity index (χ0n) is 26.3. The Morgan fingerprint density at radius 1 is 0.548 bits per heavy atom. The van der Waals surface area contributed by atoms with E-state index in [9.17, 15) is 0 Å². The van der Waals surface area contributed by atoms with Crippen molar-refractivity contribution in [3.63, 3.8) is 0 Å². The molecular weight excluding hydrogens is 671 g/mol. The van der Waals surface area contributed by atoms with E-state index < -0.39 is 18.0 Å². The summed E-state index contributed by atoms with van der Waals surface area (Å²) in [7, 11) is 0. The van der Waals surface area contributed by atoms with E-state index >= 15 is 0 Å². The molecule has 214 valence electrons. The Bertz CT molecular complexity index is 1600. The third kappa shape index (κ3) is 4.92. The Morgan fingerprint density at radius 2 is 0.952 bits per heavy atom. The molecule has 0 bridgehead atoms. The second-order valence-electron chi connectivity index (χ2n) is 14.4. The summed E-state index contributed by atoms with van der Waals surface area (Å²) in [5.74, 6) is 1.30. The van der Waals surface area contributed by atoms with E-state index in [0.717, 1.165) is 0 Å². The van der Waals surface area contributed by atoms with Crippen LogP contribution in [0.25, 0.3) is 34.4 Å². The molecule has 0 fully saturated rings. The van der Waals surface area contributed by atoms with Crippen molar-refractivity contribution in [2.45, 2.75) is 57.2 Å². The molecule has 0 amide bonds. The molecule has 0 radical (unpaired) electrons. The number of allylic oxidation sites excluding steroid dienone is 2. The maximum atomic E-state index is 2.83. The van der Waals surface area contributed by atoms with Crippen molar-refractivity contribution >= 4 is 15.4 Å². The molecule has 2 atom stereocenters. The molecule has 2 aliphatic rings. The molecule has 0 heterocycles. The van der Waals surface area contributed by atoms with E-state index in [2.05, 4.69) is 158 Å². The van der Waals surface area contributed by atoms with Crippen LogP contribution in [-0.4, -0.2) is 3.26 Å². The van der Waals surface area contributed by atoms with Crippen LogP contribution in [0.15, 0.2) is 109 Å². The van der Waals surface area contributed by atoms with Crippen molar-refractivity contribution in [1.29, 1.82) is 0 Å². The summed E-state index contributed by atoms with van der Waals surface area (Å²) in [6, 6.07) is 36.1. The fraction of sp³-hybridized carbons (Fsp3) is 0.293. The minimum absolute atomic E-state index is 0.481. The van der Waals surface area contributed by atoms with Crippen molar-refractivity contribution < 1.29 is 18.0 Å². The van der Waals surface area contributed by atoms with Gasteiger partial charge in [0.1, 0.15) is 0 Å². The summed E-state index contributed by atoms with van der Waals surface area (Å²) >= 11 is -4.10. The van der Waals surface area contributed by atoms with Crippen molar-refractivity contribution in [2.75, 3.05) is 0 Å².